The number of carbonyl (C=O) groups is 3. The van der Waals surface area contributed by atoms with Crippen LogP contribution in [0.2, 0.25) is 5.02 Å². The molecule has 0 saturated carbocycles. The number of carbonyl (C=O) groups excluding carboxylic acids is 3. The fraction of sp³-hybridized carbons (Fsp3) is 0.348. The van der Waals surface area contributed by atoms with Gasteiger partial charge in [0, 0.05) is 48.6 Å². The fourth-order valence-electron chi connectivity index (χ4n) is 3.48. The van der Waals surface area contributed by atoms with Gasteiger partial charge in [-0.15, -0.1) is 0 Å². The molecule has 1 aliphatic heterocycles. The van der Waals surface area contributed by atoms with Crippen LogP contribution in [0.25, 0.3) is 0 Å². The van der Waals surface area contributed by atoms with Gasteiger partial charge in [0.25, 0.3) is 11.8 Å². The molecule has 3 amide bonds. The number of hydrogen-bond donors (Lipinski definition) is 2. The number of piperidine rings is 1. The summed E-state index contributed by atoms with van der Waals surface area (Å²) in [4.78, 5) is 39.2. The number of nitrogens with zero attached hydrogens (tertiary/aromatic N) is 1. The fourth-order valence-corrected chi connectivity index (χ4v) is 3.61. The third-order valence-electron chi connectivity index (χ3n) is 5.18. The molecule has 0 aromatic heterocycles. The Balaban J connectivity index is 1.57. The lowest BCUT2D eigenvalue weighted by Gasteiger charge is -2.32. The molecule has 0 radical (unpaired) electrons. The molecule has 2 N–H and O–H groups in total. The Morgan fingerprint density at radius 3 is 2.42 bits per heavy atom. The van der Waals surface area contributed by atoms with E-state index in [1.807, 2.05) is 0 Å². The lowest BCUT2D eigenvalue weighted by atomic mass is 9.96. The summed E-state index contributed by atoms with van der Waals surface area (Å²) in [5.41, 5.74) is 1.60. The molecule has 0 bridgehead atoms. The van der Waals surface area contributed by atoms with Crippen molar-refractivity contribution < 1.29 is 19.1 Å². The van der Waals surface area contributed by atoms with Gasteiger partial charge < -0.3 is 20.3 Å². The maximum Gasteiger partial charge on any atom is 0.255 e. The molecule has 1 heterocycles. The number of nitrogens with one attached hydrogen (secondary N) is 2. The van der Waals surface area contributed by atoms with E-state index in [0.717, 1.165) is 12.8 Å². The average Bonchev–Trinajstić information content (AvgIpc) is 2.79. The normalized spacial score (nSPS) is 15.9. The molecule has 1 atom stereocenters. The van der Waals surface area contributed by atoms with Crippen molar-refractivity contribution in [2.24, 2.45) is 5.92 Å². The van der Waals surface area contributed by atoms with Crippen LogP contribution in [-0.2, 0) is 9.53 Å². The van der Waals surface area contributed by atoms with Crippen molar-refractivity contribution in [3.8, 4) is 0 Å². The molecule has 164 valence electrons. The van der Waals surface area contributed by atoms with Crippen molar-refractivity contribution in [2.75, 3.05) is 38.7 Å². The van der Waals surface area contributed by atoms with Gasteiger partial charge in [0.05, 0.1) is 12.5 Å². The summed E-state index contributed by atoms with van der Waals surface area (Å²) in [5, 5.41) is 6.21. The first-order chi connectivity index (χ1) is 15.0. The van der Waals surface area contributed by atoms with Gasteiger partial charge in [0.15, 0.2) is 0 Å². The predicted octanol–water partition coefficient (Wildman–Crippen LogP) is 3.21. The number of benzene rings is 2. The maximum absolute atomic E-state index is 12.9. The van der Waals surface area contributed by atoms with Crippen LogP contribution in [0, 0.1) is 5.92 Å². The third kappa shape index (κ3) is 6.29. The van der Waals surface area contributed by atoms with Crippen LogP contribution in [0.1, 0.15) is 33.6 Å². The SMILES string of the molecule is COCCNC(=O)[C@@H]1CCCN(C(=O)c2ccc(NC(=O)c3ccc(Cl)cc3)cc2)C1. The molecule has 0 unspecified atom stereocenters. The van der Waals surface area contributed by atoms with E-state index in [0.29, 0.717) is 48.1 Å². The number of hydrogen-bond acceptors (Lipinski definition) is 4. The third-order valence-corrected chi connectivity index (χ3v) is 5.43. The van der Waals surface area contributed by atoms with E-state index in [4.69, 9.17) is 16.3 Å². The van der Waals surface area contributed by atoms with E-state index in [1.165, 1.54) is 0 Å². The minimum absolute atomic E-state index is 0.0465. The van der Waals surface area contributed by atoms with Gasteiger partial charge in [0.2, 0.25) is 5.91 Å². The van der Waals surface area contributed by atoms with E-state index < -0.39 is 0 Å². The van der Waals surface area contributed by atoms with Crippen LogP contribution in [0.5, 0.6) is 0 Å². The largest absolute Gasteiger partial charge is 0.383 e. The molecule has 1 fully saturated rings. The average molecular weight is 444 g/mol. The topological polar surface area (TPSA) is 87.7 Å². The Bertz CT molecular complexity index is 915. The molecule has 2 aromatic carbocycles. The zero-order valence-corrected chi connectivity index (χ0v) is 18.2. The van der Waals surface area contributed by atoms with Crippen LogP contribution >= 0.6 is 11.6 Å². The summed E-state index contributed by atoms with van der Waals surface area (Å²) in [6.07, 6.45) is 1.54. The Morgan fingerprint density at radius 2 is 1.74 bits per heavy atom. The highest BCUT2D eigenvalue weighted by atomic mass is 35.5. The monoisotopic (exact) mass is 443 g/mol. The Labute approximate surface area is 186 Å². The Hall–Kier alpha value is -2.90. The molecule has 0 aliphatic carbocycles. The molecule has 2 aromatic rings. The number of amides is 3. The lowest BCUT2D eigenvalue weighted by molar-refractivity contribution is -0.126. The van der Waals surface area contributed by atoms with Crippen molar-refractivity contribution in [1.29, 1.82) is 0 Å². The smallest absolute Gasteiger partial charge is 0.255 e. The van der Waals surface area contributed by atoms with E-state index in [2.05, 4.69) is 10.6 Å². The second-order valence-electron chi connectivity index (χ2n) is 7.41. The van der Waals surface area contributed by atoms with Crippen molar-refractivity contribution in [3.05, 3.63) is 64.7 Å². The van der Waals surface area contributed by atoms with Crippen molar-refractivity contribution in [1.82, 2.24) is 10.2 Å². The van der Waals surface area contributed by atoms with Crippen molar-refractivity contribution in [3.63, 3.8) is 0 Å². The first-order valence-corrected chi connectivity index (χ1v) is 10.6. The van der Waals surface area contributed by atoms with E-state index in [9.17, 15) is 14.4 Å². The standard InChI is InChI=1S/C23H26ClN3O4/c1-31-14-12-25-21(28)18-3-2-13-27(15-18)23(30)17-6-10-20(11-7-17)26-22(29)16-4-8-19(24)9-5-16/h4-11,18H,2-3,12-15H2,1H3,(H,25,28)(H,26,29)/t18-/m1/s1. The number of likely N-dealkylation sites (tertiary alicyclic amines) is 1. The van der Waals surface area contributed by atoms with Crippen LogP contribution in [0.3, 0.4) is 0 Å². The highest BCUT2D eigenvalue weighted by Gasteiger charge is 2.28. The summed E-state index contributed by atoms with van der Waals surface area (Å²) in [6.45, 7) is 1.94. The Kier molecular flexibility index (Phi) is 8.03. The van der Waals surface area contributed by atoms with Crippen molar-refractivity contribution >= 4 is 35.0 Å². The predicted molar refractivity (Wildman–Crippen MR) is 119 cm³/mol. The molecule has 1 aliphatic rings. The van der Waals surface area contributed by atoms with Gasteiger partial charge in [-0.05, 0) is 61.4 Å². The van der Waals surface area contributed by atoms with Gasteiger partial charge in [0.1, 0.15) is 0 Å². The second kappa shape index (κ2) is 10.9. The summed E-state index contributed by atoms with van der Waals surface area (Å²) >= 11 is 5.85. The van der Waals surface area contributed by atoms with Crippen LogP contribution in [-0.4, -0.2) is 56.0 Å². The maximum atomic E-state index is 12.9. The molecular weight excluding hydrogens is 418 g/mol. The summed E-state index contributed by atoms with van der Waals surface area (Å²) in [7, 11) is 1.58. The highest BCUT2D eigenvalue weighted by Crippen LogP contribution is 2.20. The summed E-state index contributed by atoms with van der Waals surface area (Å²) < 4.78 is 4.95. The molecular formula is C23H26ClN3O4. The number of rotatable bonds is 7. The van der Waals surface area contributed by atoms with Gasteiger partial charge in [-0.2, -0.15) is 0 Å². The quantitative estimate of drug-likeness (QED) is 0.643. The first-order valence-electron chi connectivity index (χ1n) is 10.2. The number of anilines is 1. The van der Waals surface area contributed by atoms with Crippen LogP contribution < -0.4 is 10.6 Å². The molecule has 8 heteroatoms. The Morgan fingerprint density at radius 1 is 1.06 bits per heavy atom. The summed E-state index contributed by atoms with van der Waals surface area (Å²) in [6, 6.07) is 13.4. The van der Waals surface area contributed by atoms with E-state index in [-0.39, 0.29) is 23.6 Å². The van der Waals surface area contributed by atoms with Gasteiger partial charge in [-0.25, -0.2) is 0 Å². The molecule has 7 nitrogen and oxygen atoms in total. The van der Waals surface area contributed by atoms with Crippen molar-refractivity contribution in [2.45, 2.75) is 12.8 Å². The second-order valence-corrected chi connectivity index (χ2v) is 7.85. The summed E-state index contributed by atoms with van der Waals surface area (Å²) in [5.74, 6) is -0.638. The van der Waals surface area contributed by atoms with E-state index in [1.54, 1.807) is 60.5 Å². The molecule has 3 rings (SSSR count). The number of halogens is 1. The number of ether oxygens (including phenoxy) is 1. The minimum atomic E-state index is -0.255. The zero-order chi connectivity index (χ0) is 22.2. The van der Waals surface area contributed by atoms with Gasteiger partial charge in [-0.3, -0.25) is 14.4 Å². The van der Waals surface area contributed by atoms with Gasteiger partial charge >= 0.3 is 0 Å². The first kappa shape index (κ1) is 22.8. The zero-order valence-electron chi connectivity index (χ0n) is 17.4. The minimum Gasteiger partial charge on any atom is -0.383 e. The molecule has 1 saturated heterocycles. The van der Waals surface area contributed by atoms with E-state index >= 15 is 0 Å². The lowest BCUT2D eigenvalue weighted by Crippen LogP contribution is -2.45. The van der Waals surface area contributed by atoms with Gasteiger partial charge in [-0.1, -0.05) is 11.6 Å². The number of methoxy groups -OCH3 is 1. The molecule has 0 spiro atoms. The van der Waals surface area contributed by atoms with Crippen LogP contribution in [0.15, 0.2) is 48.5 Å². The van der Waals surface area contributed by atoms with Crippen LogP contribution in [0.4, 0.5) is 5.69 Å². The highest BCUT2D eigenvalue weighted by molar-refractivity contribution is 6.30. The molecule has 31 heavy (non-hydrogen) atoms.